The lowest BCUT2D eigenvalue weighted by Crippen LogP contribution is -2.21. The smallest absolute Gasteiger partial charge is 0.344 e. The van der Waals surface area contributed by atoms with Crippen LogP contribution in [0.15, 0.2) is 39.4 Å². The number of ether oxygens (including phenoxy) is 1. The first-order valence-corrected chi connectivity index (χ1v) is 8.82. The third-order valence-corrected chi connectivity index (χ3v) is 4.07. The molecule has 28 heavy (non-hydrogen) atoms. The second kappa shape index (κ2) is 8.08. The Labute approximate surface area is 161 Å². The molecular weight excluding hydrogens is 362 g/mol. The molecule has 2 aromatic heterocycles. The Morgan fingerprint density at radius 2 is 1.82 bits per heavy atom. The number of aryl methyl sites for hydroxylation is 2. The first-order valence-electron chi connectivity index (χ1n) is 8.82. The molecule has 0 saturated heterocycles. The van der Waals surface area contributed by atoms with Gasteiger partial charge in [0.15, 0.2) is 12.4 Å². The lowest BCUT2D eigenvalue weighted by Gasteiger charge is -2.06. The third kappa shape index (κ3) is 4.28. The average molecular weight is 383 g/mol. The lowest BCUT2D eigenvalue weighted by molar-refractivity contribution is -0.119. The Balaban J connectivity index is 1.59. The number of rotatable bonds is 6. The average Bonchev–Trinajstić information content (AvgIpc) is 3.27. The zero-order valence-corrected chi connectivity index (χ0v) is 16.1. The van der Waals surface area contributed by atoms with Gasteiger partial charge in [0.05, 0.1) is 5.69 Å². The maximum Gasteiger partial charge on any atom is 0.344 e. The standard InChI is InChI=1S/C20H21N3O5/c1-11(2)19-18(13(4)22-28-19)20(25)26-10-16(24)21-17-9-15(23-27-17)14-7-5-12(3)6-8-14/h5-9,11H,10H2,1-4H3,(H,21,24). The minimum atomic E-state index is -0.657. The first-order chi connectivity index (χ1) is 13.3. The van der Waals surface area contributed by atoms with E-state index >= 15 is 0 Å². The zero-order chi connectivity index (χ0) is 20.3. The summed E-state index contributed by atoms with van der Waals surface area (Å²) in [5, 5.41) is 10.2. The van der Waals surface area contributed by atoms with Gasteiger partial charge in [-0.25, -0.2) is 4.79 Å². The summed E-state index contributed by atoms with van der Waals surface area (Å²) in [6.45, 7) is 6.91. The van der Waals surface area contributed by atoms with E-state index in [1.165, 1.54) is 0 Å². The molecule has 0 radical (unpaired) electrons. The number of carbonyl (C=O) groups excluding carboxylic acids is 2. The van der Waals surface area contributed by atoms with Crippen LogP contribution in [0.1, 0.15) is 47.1 Å². The molecule has 146 valence electrons. The van der Waals surface area contributed by atoms with Gasteiger partial charge in [0.2, 0.25) is 5.88 Å². The van der Waals surface area contributed by atoms with Crippen molar-refractivity contribution in [2.24, 2.45) is 0 Å². The lowest BCUT2D eigenvalue weighted by atomic mass is 10.1. The maximum absolute atomic E-state index is 12.3. The Bertz CT molecular complexity index is 986. The Kier molecular flexibility index (Phi) is 5.58. The number of aromatic nitrogens is 2. The highest BCUT2D eigenvalue weighted by atomic mass is 16.5. The fraction of sp³-hybridized carbons (Fsp3) is 0.300. The molecule has 2 heterocycles. The molecule has 3 aromatic rings. The molecule has 8 heteroatoms. The van der Waals surface area contributed by atoms with Crippen molar-refractivity contribution in [2.75, 3.05) is 11.9 Å². The van der Waals surface area contributed by atoms with Gasteiger partial charge >= 0.3 is 5.97 Å². The summed E-state index contributed by atoms with van der Waals surface area (Å²) in [4.78, 5) is 24.4. The summed E-state index contributed by atoms with van der Waals surface area (Å²) in [7, 11) is 0. The maximum atomic E-state index is 12.3. The molecule has 0 fully saturated rings. The largest absolute Gasteiger partial charge is 0.452 e. The minimum Gasteiger partial charge on any atom is -0.452 e. The van der Waals surface area contributed by atoms with Gasteiger partial charge in [0.25, 0.3) is 5.91 Å². The summed E-state index contributed by atoms with van der Waals surface area (Å²) in [5.41, 5.74) is 3.27. The first kappa shape index (κ1) is 19.3. The molecule has 1 N–H and O–H groups in total. The highest BCUT2D eigenvalue weighted by Gasteiger charge is 2.24. The van der Waals surface area contributed by atoms with Crippen LogP contribution in [0.5, 0.6) is 0 Å². The minimum absolute atomic E-state index is 0.0352. The van der Waals surface area contributed by atoms with E-state index in [0.717, 1.165) is 11.1 Å². The fourth-order valence-corrected chi connectivity index (χ4v) is 2.60. The van der Waals surface area contributed by atoms with Crippen molar-refractivity contribution in [3.05, 3.63) is 52.9 Å². The van der Waals surface area contributed by atoms with E-state index in [4.69, 9.17) is 13.8 Å². The molecule has 0 aliphatic heterocycles. The van der Waals surface area contributed by atoms with Crippen molar-refractivity contribution in [3.8, 4) is 11.3 Å². The molecule has 1 amide bonds. The Hall–Kier alpha value is -3.42. The molecule has 0 atom stereocenters. The van der Waals surface area contributed by atoms with Gasteiger partial charge in [-0.05, 0) is 13.8 Å². The topological polar surface area (TPSA) is 107 Å². The van der Waals surface area contributed by atoms with Crippen molar-refractivity contribution in [1.29, 1.82) is 0 Å². The van der Waals surface area contributed by atoms with E-state index in [2.05, 4.69) is 15.6 Å². The highest BCUT2D eigenvalue weighted by molar-refractivity contribution is 5.96. The molecule has 0 unspecified atom stereocenters. The second-order valence-electron chi connectivity index (χ2n) is 6.73. The normalized spacial score (nSPS) is 10.9. The number of nitrogens with one attached hydrogen (secondary N) is 1. The number of carbonyl (C=O) groups is 2. The molecule has 0 bridgehead atoms. The van der Waals surface area contributed by atoms with Crippen LogP contribution >= 0.6 is 0 Å². The van der Waals surface area contributed by atoms with Crippen LogP contribution in [-0.2, 0) is 9.53 Å². The van der Waals surface area contributed by atoms with Crippen LogP contribution in [0.2, 0.25) is 0 Å². The summed E-state index contributed by atoms with van der Waals surface area (Å²) in [6.07, 6.45) is 0. The summed E-state index contributed by atoms with van der Waals surface area (Å²) in [6, 6.07) is 9.34. The van der Waals surface area contributed by atoms with E-state index in [1.807, 2.05) is 45.0 Å². The van der Waals surface area contributed by atoms with E-state index in [-0.39, 0.29) is 17.4 Å². The monoisotopic (exact) mass is 383 g/mol. The van der Waals surface area contributed by atoms with Crippen LogP contribution in [0.4, 0.5) is 5.88 Å². The quantitative estimate of drug-likeness (QED) is 0.644. The van der Waals surface area contributed by atoms with Crippen LogP contribution in [0.3, 0.4) is 0 Å². The fourth-order valence-electron chi connectivity index (χ4n) is 2.60. The van der Waals surface area contributed by atoms with Crippen molar-refractivity contribution >= 4 is 17.8 Å². The van der Waals surface area contributed by atoms with E-state index in [9.17, 15) is 9.59 Å². The van der Waals surface area contributed by atoms with E-state index < -0.39 is 18.5 Å². The van der Waals surface area contributed by atoms with Crippen molar-refractivity contribution in [3.63, 3.8) is 0 Å². The highest BCUT2D eigenvalue weighted by Crippen LogP contribution is 2.24. The molecule has 3 rings (SSSR count). The summed E-state index contributed by atoms with van der Waals surface area (Å²) in [5.74, 6) is -0.635. The van der Waals surface area contributed by atoms with Gasteiger partial charge in [-0.2, -0.15) is 0 Å². The van der Waals surface area contributed by atoms with Gasteiger partial charge in [0.1, 0.15) is 11.3 Å². The molecule has 0 spiro atoms. The van der Waals surface area contributed by atoms with Gasteiger partial charge < -0.3 is 13.8 Å². The molecule has 8 nitrogen and oxygen atoms in total. The number of hydrogen-bond donors (Lipinski definition) is 1. The van der Waals surface area contributed by atoms with Crippen molar-refractivity contribution < 1.29 is 23.4 Å². The molecule has 0 saturated carbocycles. The Morgan fingerprint density at radius 3 is 2.50 bits per heavy atom. The SMILES string of the molecule is Cc1ccc(-c2cc(NC(=O)COC(=O)c3c(C)noc3C(C)C)on2)cc1. The predicted molar refractivity (Wildman–Crippen MR) is 101 cm³/mol. The molecule has 0 aliphatic carbocycles. The van der Waals surface area contributed by atoms with Crippen molar-refractivity contribution in [1.82, 2.24) is 10.3 Å². The zero-order valence-electron chi connectivity index (χ0n) is 16.1. The van der Waals surface area contributed by atoms with Gasteiger partial charge in [-0.1, -0.05) is 54.0 Å². The number of benzene rings is 1. The van der Waals surface area contributed by atoms with Gasteiger partial charge in [-0.3, -0.25) is 10.1 Å². The number of amides is 1. The summed E-state index contributed by atoms with van der Waals surface area (Å²) < 4.78 is 15.4. The van der Waals surface area contributed by atoms with E-state index in [0.29, 0.717) is 17.1 Å². The van der Waals surface area contributed by atoms with Crippen LogP contribution in [-0.4, -0.2) is 28.8 Å². The van der Waals surface area contributed by atoms with Gasteiger partial charge in [-0.15, -0.1) is 0 Å². The molecule has 1 aromatic carbocycles. The van der Waals surface area contributed by atoms with Crippen LogP contribution in [0.25, 0.3) is 11.3 Å². The van der Waals surface area contributed by atoms with E-state index in [1.54, 1.807) is 13.0 Å². The predicted octanol–water partition coefficient (Wildman–Crippen LogP) is 3.87. The number of anilines is 1. The number of hydrogen-bond acceptors (Lipinski definition) is 7. The molecule has 0 aliphatic rings. The second-order valence-corrected chi connectivity index (χ2v) is 6.73. The third-order valence-electron chi connectivity index (χ3n) is 4.07. The molecular formula is C20H21N3O5. The number of esters is 1. The van der Waals surface area contributed by atoms with Crippen molar-refractivity contribution in [2.45, 2.75) is 33.6 Å². The van der Waals surface area contributed by atoms with Crippen LogP contribution < -0.4 is 5.32 Å². The summed E-state index contributed by atoms with van der Waals surface area (Å²) >= 11 is 0. The van der Waals surface area contributed by atoms with Crippen LogP contribution in [0, 0.1) is 13.8 Å². The Morgan fingerprint density at radius 1 is 1.11 bits per heavy atom. The number of nitrogens with zero attached hydrogens (tertiary/aromatic N) is 2. The van der Waals surface area contributed by atoms with Gasteiger partial charge in [0, 0.05) is 17.5 Å².